The van der Waals surface area contributed by atoms with Gasteiger partial charge in [0.05, 0.1) is 5.56 Å². The van der Waals surface area contributed by atoms with E-state index in [1.54, 1.807) is 25.1 Å². The number of benzene rings is 2. The van der Waals surface area contributed by atoms with Gasteiger partial charge in [-0.05, 0) is 48.9 Å². The van der Waals surface area contributed by atoms with Gasteiger partial charge < -0.3 is 10.1 Å². The maximum atomic E-state index is 13.6. The molecule has 2 aromatic rings. The summed E-state index contributed by atoms with van der Waals surface area (Å²) in [5.74, 6) is -2.16. The summed E-state index contributed by atoms with van der Waals surface area (Å²) >= 11 is 8.92. The summed E-state index contributed by atoms with van der Waals surface area (Å²) in [5.41, 5.74) is 1.10. The SMILES string of the molecule is Cc1cc(Cl)ccc1NC(=O)COC(=O)c1ccc(Br)cc1F. The average Bonchev–Trinajstić information content (AvgIpc) is 2.48. The fourth-order valence-electron chi connectivity index (χ4n) is 1.82. The van der Waals surface area contributed by atoms with Gasteiger partial charge in [0.25, 0.3) is 5.91 Å². The van der Waals surface area contributed by atoms with E-state index in [2.05, 4.69) is 21.2 Å². The number of amides is 1. The Balaban J connectivity index is 1.94. The second-order valence-electron chi connectivity index (χ2n) is 4.71. The fourth-order valence-corrected chi connectivity index (χ4v) is 2.38. The Morgan fingerprint density at radius 2 is 2.00 bits per heavy atom. The molecule has 23 heavy (non-hydrogen) atoms. The molecule has 7 heteroatoms. The zero-order valence-corrected chi connectivity index (χ0v) is 14.4. The topological polar surface area (TPSA) is 55.4 Å². The predicted octanol–water partition coefficient (Wildman–Crippen LogP) is 4.35. The lowest BCUT2D eigenvalue weighted by molar-refractivity contribution is -0.119. The third-order valence-electron chi connectivity index (χ3n) is 2.95. The van der Waals surface area contributed by atoms with Crippen molar-refractivity contribution in [1.82, 2.24) is 0 Å². The van der Waals surface area contributed by atoms with Crippen molar-refractivity contribution in [3.8, 4) is 0 Å². The largest absolute Gasteiger partial charge is 0.452 e. The number of anilines is 1. The highest BCUT2D eigenvalue weighted by molar-refractivity contribution is 9.10. The van der Waals surface area contributed by atoms with Crippen LogP contribution in [-0.2, 0) is 9.53 Å². The molecule has 2 rings (SSSR count). The number of carbonyl (C=O) groups excluding carboxylic acids is 2. The number of halogens is 3. The number of hydrogen-bond donors (Lipinski definition) is 1. The molecule has 0 bridgehead atoms. The van der Waals surface area contributed by atoms with Crippen LogP contribution in [0.2, 0.25) is 5.02 Å². The highest BCUT2D eigenvalue weighted by Gasteiger charge is 2.15. The number of nitrogens with one attached hydrogen (secondary N) is 1. The van der Waals surface area contributed by atoms with Crippen molar-refractivity contribution in [3.63, 3.8) is 0 Å². The molecule has 2 aromatic carbocycles. The van der Waals surface area contributed by atoms with Crippen molar-refractivity contribution in [2.45, 2.75) is 6.92 Å². The summed E-state index contributed by atoms with van der Waals surface area (Å²) in [6, 6.07) is 8.91. The van der Waals surface area contributed by atoms with E-state index in [0.29, 0.717) is 15.2 Å². The minimum absolute atomic E-state index is 0.233. The third kappa shape index (κ3) is 4.77. The lowest BCUT2D eigenvalue weighted by Crippen LogP contribution is -2.21. The number of rotatable bonds is 4. The van der Waals surface area contributed by atoms with Crippen LogP contribution in [0, 0.1) is 12.7 Å². The van der Waals surface area contributed by atoms with Crippen molar-refractivity contribution in [3.05, 3.63) is 62.8 Å². The second-order valence-corrected chi connectivity index (χ2v) is 6.06. The molecule has 0 aliphatic rings. The lowest BCUT2D eigenvalue weighted by atomic mass is 10.2. The highest BCUT2D eigenvalue weighted by Crippen LogP contribution is 2.19. The van der Waals surface area contributed by atoms with Crippen LogP contribution >= 0.6 is 27.5 Å². The van der Waals surface area contributed by atoms with Gasteiger partial charge in [-0.2, -0.15) is 0 Å². The van der Waals surface area contributed by atoms with Gasteiger partial charge in [-0.3, -0.25) is 4.79 Å². The first-order chi connectivity index (χ1) is 10.9. The standard InChI is InChI=1S/C16H12BrClFNO3/c1-9-6-11(18)3-5-14(9)20-15(21)8-23-16(22)12-4-2-10(17)7-13(12)19/h2-7H,8H2,1H3,(H,20,21). The molecule has 1 amide bonds. The van der Waals surface area contributed by atoms with Crippen LogP contribution in [0.5, 0.6) is 0 Å². The first-order valence-corrected chi connectivity index (χ1v) is 7.72. The molecule has 0 heterocycles. The summed E-state index contributed by atoms with van der Waals surface area (Å²) in [6.45, 7) is 1.26. The number of aryl methyl sites for hydroxylation is 1. The smallest absolute Gasteiger partial charge is 0.341 e. The molecule has 0 unspecified atom stereocenters. The predicted molar refractivity (Wildman–Crippen MR) is 89.2 cm³/mol. The van der Waals surface area contributed by atoms with Crippen molar-refractivity contribution in [1.29, 1.82) is 0 Å². The Morgan fingerprint density at radius 3 is 2.65 bits per heavy atom. The van der Waals surface area contributed by atoms with Crippen LogP contribution in [0.15, 0.2) is 40.9 Å². The zero-order valence-electron chi connectivity index (χ0n) is 12.0. The molecule has 1 N–H and O–H groups in total. The first-order valence-electron chi connectivity index (χ1n) is 6.55. The Kier molecular flexibility index (Phi) is 5.74. The molecule has 4 nitrogen and oxygen atoms in total. The van der Waals surface area contributed by atoms with Crippen LogP contribution < -0.4 is 5.32 Å². The molecule has 0 spiro atoms. The molecular formula is C16H12BrClFNO3. The Labute approximate surface area is 145 Å². The average molecular weight is 401 g/mol. The molecule has 0 fully saturated rings. The second kappa shape index (κ2) is 7.57. The summed E-state index contributed by atoms with van der Waals surface area (Å²) in [5, 5.41) is 3.15. The molecule has 0 saturated heterocycles. The first kappa shape index (κ1) is 17.4. The molecule has 0 radical (unpaired) electrons. The van der Waals surface area contributed by atoms with E-state index >= 15 is 0 Å². The van der Waals surface area contributed by atoms with Gasteiger partial charge in [0, 0.05) is 15.2 Å². The fraction of sp³-hybridized carbons (Fsp3) is 0.125. The van der Waals surface area contributed by atoms with Crippen molar-refractivity contribution in [2.75, 3.05) is 11.9 Å². The number of hydrogen-bond acceptors (Lipinski definition) is 3. The van der Waals surface area contributed by atoms with Crippen LogP contribution in [0.25, 0.3) is 0 Å². The Hall–Kier alpha value is -1.92. The number of ether oxygens (including phenoxy) is 1. The van der Waals surface area contributed by atoms with E-state index in [1.807, 2.05) is 0 Å². The van der Waals surface area contributed by atoms with E-state index in [4.69, 9.17) is 16.3 Å². The van der Waals surface area contributed by atoms with Gasteiger partial charge in [-0.25, -0.2) is 9.18 Å². The van der Waals surface area contributed by atoms with Gasteiger partial charge in [0.15, 0.2) is 6.61 Å². The molecular weight excluding hydrogens is 389 g/mol. The monoisotopic (exact) mass is 399 g/mol. The van der Waals surface area contributed by atoms with Crippen molar-refractivity contribution >= 4 is 45.1 Å². The molecule has 120 valence electrons. The third-order valence-corrected chi connectivity index (χ3v) is 3.68. The van der Waals surface area contributed by atoms with E-state index in [0.717, 1.165) is 11.6 Å². The summed E-state index contributed by atoms with van der Waals surface area (Å²) < 4.78 is 18.9. The van der Waals surface area contributed by atoms with Gasteiger partial charge in [-0.1, -0.05) is 27.5 Å². The zero-order chi connectivity index (χ0) is 17.0. The number of carbonyl (C=O) groups is 2. The van der Waals surface area contributed by atoms with Crippen LogP contribution in [0.3, 0.4) is 0 Å². The lowest BCUT2D eigenvalue weighted by Gasteiger charge is -2.09. The van der Waals surface area contributed by atoms with E-state index in [9.17, 15) is 14.0 Å². The number of esters is 1. The van der Waals surface area contributed by atoms with Crippen LogP contribution in [-0.4, -0.2) is 18.5 Å². The van der Waals surface area contributed by atoms with E-state index in [1.165, 1.54) is 12.1 Å². The quantitative estimate of drug-likeness (QED) is 0.777. The highest BCUT2D eigenvalue weighted by atomic mass is 79.9. The van der Waals surface area contributed by atoms with Crippen LogP contribution in [0.4, 0.5) is 10.1 Å². The van der Waals surface area contributed by atoms with Crippen molar-refractivity contribution < 1.29 is 18.7 Å². The normalized spacial score (nSPS) is 10.3. The molecule has 0 atom stereocenters. The van der Waals surface area contributed by atoms with Crippen molar-refractivity contribution in [2.24, 2.45) is 0 Å². The maximum Gasteiger partial charge on any atom is 0.341 e. The van der Waals surface area contributed by atoms with Gasteiger partial charge in [0.2, 0.25) is 0 Å². The molecule has 0 aliphatic heterocycles. The minimum Gasteiger partial charge on any atom is -0.452 e. The molecule has 0 aliphatic carbocycles. The van der Waals surface area contributed by atoms with Gasteiger partial charge >= 0.3 is 5.97 Å². The van der Waals surface area contributed by atoms with E-state index < -0.39 is 24.3 Å². The maximum absolute atomic E-state index is 13.6. The van der Waals surface area contributed by atoms with Gasteiger partial charge in [0.1, 0.15) is 5.82 Å². The summed E-state index contributed by atoms with van der Waals surface area (Å²) in [4.78, 5) is 23.6. The Morgan fingerprint density at radius 1 is 1.26 bits per heavy atom. The molecule has 0 saturated carbocycles. The summed E-state index contributed by atoms with van der Waals surface area (Å²) in [6.07, 6.45) is 0. The molecule has 0 aromatic heterocycles. The Bertz CT molecular complexity index is 767. The minimum atomic E-state index is -0.905. The van der Waals surface area contributed by atoms with Gasteiger partial charge in [-0.15, -0.1) is 0 Å². The van der Waals surface area contributed by atoms with E-state index in [-0.39, 0.29) is 5.56 Å². The van der Waals surface area contributed by atoms with Crippen LogP contribution in [0.1, 0.15) is 15.9 Å². The summed E-state index contributed by atoms with van der Waals surface area (Å²) in [7, 11) is 0.